The molecule has 0 fully saturated rings. The Kier molecular flexibility index (Phi) is 4.85. The minimum Gasteiger partial charge on any atom is -0.393 e. The van der Waals surface area contributed by atoms with Crippen LogP contribution in [0.3, 0.4) is 0 Å². The van der Waals surface area contributed by atoms with Crippen molar-refractivity contribution in [3.63, 3.8) is 0 Å². The average molecular weight is 125 g/mol. The fourth-order valence-electron chi connectivity index (χ4n) is 0.473. The lowest BCUT2D eigenvalue weighted by molar-refractivity contribution is 0.186. The van der Waals surface area contributed by atoms with Gasteiger partial charge in [0.15, 0.2) is 0 Å². The van der Waals surface area contributed by atoms with E-state index in [0.717, 1.165) is 12.8 Å². The monoisotopic (exact) mass is 125 g/mol. The lowest BCUT2D eigenvalue weighted by Gasteiger charge is -1.96. The maximum atomic E-state index is 8.73. The molecule has 0 heterocycles. The third kappa shape index (κ3) is 7.19. The van der Waals surface area contributed by atoms with Gasteiger partial charge in [0.05, 0.1) is 12.2 Å². The number of hydrogen-bond donors (Lipinski definition) is 1. The van der Waals surface area contributed by atoms with Gasteiger partial charge in [-0.2, -0.15) is 5.26 Å². The van der Waals surface area contributed by atoms with Crippen LogP contribution < -0.4 is 0 Å². The number of aliphatic hydroxyl groups excluding tert-OH is 1. The molecule has 2 heteroatoms. The van der Waals surface area contributed by atoms with Gasteiger partial charge in [-0.3, -0.25) is 0 Å². The predicted octanol–water partition coefficient (Wildman–Crippen LogP) is 1.23. The molecule has 50 valence electrons. The van der Waals surface area contributed by atoms with E-state index in [2.05, 4.69) is 0 Å². The van der Waals surface area contributed by atoms with E-state index in [1.807, 2.05) is 6.07 Å². The van der Waals surface area contributed by atoms with E-state index in [0.29, 0.717) is 0 Å². The van der Waals surface area contributed by atoms with Gasteiger partial charge >= 0.3 is 0 Å². The number of hydrogen-bond acceptors (Lipinski definition) is 2. The van der Waals surface area contributed by atoms with Crippen LogP contribution in [0, 0.1) is 11.3 Å². The Labute approximate surface area is 55.4 Å². The molecular weight excluding hydrogens is 114 g/mol. The second-order valence-corrected chi connectivity index (χ2v) is 1.96. The molecule has 0 saturated heterocycles. The smallest absolute Gasteiger partial charge is 0.0908 e. The van der Waals surface area contributed by atoms with Crippen LogP contribution in [-0.4, -0.2) is 11.2 Å². The van der Waals surface area contributed by atoms with Crippen molar-refractivity contribution in [3.05, 3.63) is 12.2 Å². The second-order valence-electron chi connectivity index (χ2n) is 1.96. The number of aliphatic hydroxyl groups is 1. The first-order chi connectivity index (χ1) is 4.27. The Morgan fingerprint density at radius 3 is 2.89 bits per heavy atom. The van der Waals surface area contributed by atoms with Crippen LogP contribution in [0.4, 0.5) is 0 Å². The summed E-state index contributed by atoms with van der Waals surface area (Å²) in [5, 5.41) is 16.8. The normalized spacial score (nSPS) is 13.4. The minimum atomic E-state index is -0.256. The van der Waals surface area contributed by atoms with E-state index in [1.54, 1.807) is 13.0 Å². The van der Waals surface area contributed by atoms with Crippen LogP contribution in [0.2, 0.25) is 0 Å². The summed E-state index contributed by atoms with van der Waals surface area (Å²) in [6.45, 7) is 1.74. The first kappa shape index (κ1) is 8.19. The standard InChI is InChI=1S/C7H11NO/c1-7(9)5-3-2-4-6-8/h2,4,7,9H,3,5H2,1H3. The summed E-state index contributed by atoms with van der Waals surface area (Å²) in [7, 11) is 0. The van der Waals surface area contributed by atoms with Crippen molar-refractivity contribution >= 4 is 0 Å². The Bertz CT molecular complexity index is 121. The zero-order chi connectivity index (χ0) is 7.11. The summed E-state index contributed by atoms with van der Waals surface area (Å²) in [5.41, 5.74) is 0. The average Bonchev–Trinajstić information content (AvgIpc) is 1.80. The van der Waals surface area contributed by atoms with E-state index < -0.39 is 0 Å². The lowest BCUT2D eigenvalue weighted by Crippen LogP contribution is -1.96. The zero-order valence-electron chi connectivity index (χ0n) is 5.54. The van der Waals surface area contributed by atoms with E-state index in [4.69, 9.17) is 10.4 Å². The SMILES string of the molecule is CC(O)CCC=CC#N. The van der Waals surface area contributed by atoms with Crippen molar-refractivity contribution in [1.82, 2.24) is 0 Å². The number of rotatable bonds is 3. The molecule has 0 aliphatic rings. The molecule has 1 unspecified atom stereocenters. The van der Waals surface area contributed by atoms with Gasteiger partial charge in [0, 0.05) is 6.08 Å². The highest BCUT2D eigenvalue weighted by Crippen LogP contribution is 1.95. The van der Waals surface area contributed by atoms with Gasteiger partial charge < -0.3 is 5.11 Å². The van der Waals surface area contributed by atoms with Crippen LogP contribution in [0.1, 0.15) is 19.8 Å². The molecule has 1 atom stereocenters. The molecular formula is C7H11NO. The minimum absolute atomic E-state index is 0.256. The first-order valence-electron chi connectivity index (χ1n) is 3.00. The molecule has 0 bridgehead atoms. The van der Waals surface area contributed by atoms with Crippen LogP contribution in [-0.2, 0) is 0 Å². The predicted molar refractivity (Wildman–Crippen MR) is 35.7 cm³/mol. The van der Waals surface area contributed by atoms with E-state index in [-0.39, 0.29) is 6.10 Å². The molecule has 2 nitrogen and oxygen atoms in total. The van der Waals surface area contributed by atoms with Gasteiger partial charge in [-0.05, 0) is 19.8 Å². The number of allylic oxidation sites excluding steroid dienone is 2. The van der Waals surface area contributed by atoms with Gasteiger partial charge in [-0.25, -0.2) is 0 Å². The summed E-state index contributed by atoms with van der Waals surface area (Å²) in [6.07, 6.45) is 4.45. The quantitative estimate of drug-likeness (QED) is 0.576. The summed E-state index contributed by atoms with van der Waals surface area (Å²) in [5.74, 6) is 0. The maximum absolute atomic E-state index is 8.73. The zero-order valence-corrected chi connectivity index (χ0v) is 5.54. The summed E-state index contributed by atoms with van der Waals surface area (Å²) in [6, 6.07) is 1.88. The lowest BCUT2D eigenvalue weighted by atomic mass is 10.2. The molecule has 9 heavy (non-hydrogen) atoms. The molecule has 0 aromatic rings. The fourth-order valence-corrected chi connectivity index (χ4v) is 0.473. The molecule has 0 amide bonds. The van der Waals surface area contributed by atoms with Crippen molar-refractivity contribution in [3.8, 4) is 6.07 Å². The highest BCUT2D eigenvalue weighted by atomic mass is 16.3. The van der Waals surface area contributed by atoms with Crippen molar-refractivity contribution in [2.24, 2.45) is 0 Å². The van der Waals surface area contributed by atoms with E-state index >= 15 is 0 Å². The Morgan fingerprint density at radius 1 is 1.78 bits per heavy atom. The number of nitrogens with zero attached hydrogens (tertiary/aromatic N) is 1. The van der Waals surface area contributed by atoms with Crippen molar-refractivity contribution in [1.29, 1.82) is 5.26 Å². The van der Waals surface area contributed by atoms with Gasteiger partial charge in [-0.15, -0.1) is 0 Å². The number of nitriles is 1. The molecule has 0 aliphatic heterocycles. The van der Waals surface area contributed by atoms with E-state index in [1.165, 1.54) is 6.08 Å². The Hall–Kier alpha value is -0.810. The summed E-state index contributed by atoms with van der Waals surface area (Å²) < 4.78 is 0. The molecule has 0 aromatic carbocycles. The molecule has 0 aromatic heterocycles. The van der Waals surface area contributed by atoms with Crippen LogP contribution in [0.5, 0.6) is 0 Å². The Balaban J connectivity index is 3.12. The topological polar surface area (TPSA) is 44.0 Å². The molecule has 1 N–H and O–H groups in total. The Morgan fingerprint density at radius 2 is 2.44 bits per heavy atom. The molecule has 0 aliphatic carbocycles. The summed E-state index contributed by atoms with van der Waals surface area (Å²) in [4.78, 5) is 0. The van der Waals surface area contributed by atoms with Gasteiger partial charge in [-0.1, -0.05) is 6.08 Å². The molecule has 0 spiro atoms. The van der Waals surface area contributed by atoms with Crippen LogP contribution in [0.25, 0.3) is 0 Å². The fraction of sp³-hybridized carbons (Fsp3) is 0.571. The van der Waals surface area contributed by atoms with Crippen molar-refractivity contribution in [2.45, 2.75) is 25.9 Å². The second kappa shape index (κ2) is 5.33. The third-order valence-electron chi connectivity index (χ3n) is 0.943. The molecule has 0 saturated carbocycles. The van der Waals surface area contributed by atoms with E-state index in [9.17, 15) is 0 Å². The van der Waals surface area contributed by atoms with Crippen molar-refractivity contribution < 1.29 is 5.11 Å². The van der Waals surface area contributed by atoms with Gasteiger partial charge in [0.1, 0.15) is 0 Å². The first-order valence-corrected chi connectivity index (χ1v) is 3.00. The molecule has 0 rings (SSSR count). The van der Waals surface area contributed by atoms with Gasteiger partial charge in [0.2, 0.25) is 0 Å². The maximum Gasteiger partial charge on any atom is 0.0908 e. The largest absolute Gasteiger partial charge is 0.393 e. The summed E-state index contributed by atoms with van der Waals surface area (Å²) >= 11 is 0. The third-order valence-corrected chi connectivity index (χ3v) is 0.943. The van der Waals surface area contributed by atoms with Crippen LogP contribution in [0.15, 0.2) is 12.2 Å². The van der Waals surface area contributed by atoms with Gasteiger partial charge in [0.25, 0.3) is 0 Å². The van der Waals surface area contributed by atoms with Crippen LogP contribution >= 0.6 is 0 Å². The molecule has 0 radical (unpaired) electrons. The highest BCUT2D eigenvalue weighted by Gasteiger charge is 1.89. The highest BCUT2D eigenvalue weighted by molar-refractivity contribution is 5.01. The van der Waals surface area contributed by atoms with Crippen molar-refractivity contribution in [2.75, 3.05) is 0 Å².